The van der Waals surface area contributed by atoms with E-state index in [2.05, 4.69) is 20.3 Å². The lowest BCUT2D eigenvalue weighted by Crippen LogP contribution is -2.28. The average Bonchev–Trinajstić information content (AvgIpc) is 2.58. The van der Waals surface area contributed by atoms with Gasteiger partial charge in [0.15, 0.2) is 0 Å². The Morgan fingerprint density at radius 1 is 1.20 bits per heavy atom. The molecule has 0 radical (unpaired) electrons. The van der Waals surface area contributed by atoms with E-state index in [-0.39, 0.29) is 17.7 Å². The van der Waals surface area contributed by atoms with Crippen molar-refractivity contribution in [1.82, 2.24) is 20.3 Å². The zero-order chi connectivity index (χ0) is 18.2. The predicted octanol–water partition coefficient (Wildman–Crippen LogP) is 1.76. The molecule has 0 fully saturated rings. The van der Waals surface area contributed by atoms with E-state index in [9.17, 15) is 4.79 Å². The molecule has 0 aliphatic rings. The van der Waals surface area contributed by atoms with E-state index < -0.39 is 0 Å². The fraction of sp³-hybridized carbons (Fsp3) is 0.375. The first-order valence-corrected chi connectivity index (χ1v) is 8.19. The third-order valence-electron chi connectivity index (χ3n) is 3.18. The summed E-state index contributed by atoms with van der Waals surface area (Å²) in [4.78, 5) is 25.6. The first-order valence-electron chi connectivity index (χ1n) is 7.81. The molecule has 2 rings (SSSR count). The van der Waals surface area contributed by atoms with Crippen molar-refractivity contribution in [3.63, 3.8) is 0 Å². The Morgan fingerprint density at radius 2 is 1.92 bits per heavy atom. The van der Waals surface area contributed by atoms with Crippen molar-refractivity contribution < 1.29 is 9.53 Å². The summed E-state index contributed by atoms with van der Waals surface area (Å²) in [6, 6.07) is 7.19. The van der Waals surface area contributed by atoms with Crippen LogP contribution >= 0.6 is 11.6 Å². The number of carbonyl (C=O) groups excluding carboxylic acids is 1. The molecule has 134 valence electrons. The molecular formula is C16H21ClN6O2. The number of nitrogen functional groups attached to an aromatic ring is 1. The molecule has 0 aliphatic heterocycles. The van der Waals surface area contributed by atoms with Crippen LogP contribution in [-0.4, -0.2) is 48.1 Å². The van der Waals surface area contributed by atoms with Gasteiger partial charge in [0.05, 0.1) is 6.61 Å². The van der Waals surface area contributed by atoms with Crippen molar-refractivity contribution in [2.24, 2.45) is 0 Å². The number of amides is 1. The van der Waals surface area contributed by atoms with Gasteiger partial charge in [-0.1, -0.05) is 11.6 Å². The second kappa shape index (κ2) is 9.03. The quantitative estimate of drug-likeness (QED) is 0.687. The summed E-state index contributed by atoms with van der Waals surface area (Å²) in [5, 5.41) is 3.43. The monoisotopic (exact) mass is 364 g/mol. The minimum Gasteiger partial charge on any atom is -0.494 e. The highest BCUT2D eigenvalue weighted by Gasteiger charge is 2.13. The van der Waals surface area contributed by atoms with Gasteiger partial charge in [-0.05, 0) is 37.1 Å². The van der Waals surface area contributed by atoms with Gasteiger partial charge in [0, 0.05) is 25.7 Å². The Kier molecular flexibility index (Phi) is 6.76. The van der Waals surface area contributed by atoms with Crippen LogP contribution in [0, 0.1) is 0 Å². The average molecular weight is 365 g/mol. The smallest absolute Gasteiger partial charge is 0.289 e. The third kappa shape index (κ3) is 6.07. The summed E-state index contributed by atoms with van der Waals surface area (Å²) < 4.78 is 5.58. The van der Waals surface area contributed by atoms with Crippen molar-refractivity contribution >= 4 is 29.4 Å². The molecule has 0 aliphatic carbocycles. The van der Waals surface area contributed by atoms with E-state index >= 15 is 0 Å². The Labute approximate surface area is 151 Å². The summed E-state index contributed by atoms with van der Waals surface area (Å²) >= 11 is 5.81. The molecule has 0 saturated carbocycles. The summed E-state index contributed by atoms with van der Waals surface area (Å²) in [5.74, 6) is 0.754. The fourth-order valence-corrected chi connectivity index (χ4v) is 2.04. The molecule has 0 atom stereocenters. The minimum atomic E-state index is -0.379. The standard InChI is InChI=1S/C16H21ClN6O2/c1-23(2)16-21-13(20-15(18)22-16)14(24)19-9-3-4-10-25-12-7-5-11(17)6-8-12/h5-8H,3-4,9-10H2,1-2H3,(H,19,24)(H2,18,20,21,22). The maximum atomic E-state index is 12.1. The number of benzene rings is 1. The molecular weight excluding hydrogens is 344 g/mol. The molecule has 2 aromatic rings. The number of unbranched alkanes of at least 4 members (excludes halogenated alkanes) is 1. The zero-order valence-electron chi connectivity index (χ0n) is 14.2. The molecule has 0 spiro atoms. The maximum Gasteiger partial charge on any atom is 0.289 e. The van der Waals surface area contributed by atoms with Gasteiger partial charge in [-0.2, -0.15) is 15.0 Å². The van der Waals surface area contributed by atoms with Gasteiger partial charge >= 0.3 is 0 Å². The lowest BCUT2D eigenvalue weighted by molar-refractivity contribution is 0.0942. The predicted molar refractivity (Wildman–Crippen MR) is 97.1 cm³/mol. The van der Waals surface area contributed by atoms with Crippen LogP contribution in [0.2, 0.25) is 5.02 Å². The Bertz CT molecular complexity index is 708. The topological polar surface area (TPSA) is 106 Å². The van der Waals surface area contributed by atoms with E-state index in [0.717, 1.165) is 18.6 Å². The number of halogens is 1. The van der Waals surface area contributed by atoms with Crippen LogP contribution in [0.4, 0.5) is 11.9 Å². The summed E-state index contributed by atoms with van der Waals surface area (Å²) in [6.45, 7) is 1.05. The number of anilines is 2. The number of aromatic nitrogens is 3. The van der Waals surface area contributed by atoms with Gasteiger partial charge in [0.25, 0.3) is 5.91 Å². The number of hydrogen-bond donors (Lipinski definition) is 2. The molecule has 8 nitrogen and oxygen atoms in total. The van der Waals surface area contributed by atoms with Gasteiger partial charge < -0.3 is 20.7 Å². The van der Waals surface area contributed by atoms with Crippen LogP contribution in [-0.2, 0) is 0 Å². The molecule has 9 heteroatoms. The van der Waals surface area contributed by atoms with Crippen molar-refractivity contribution in [3.05, 3.63) is 35.1 Å². The molecule has 1 heterocycles. The van der Waals surface area contributed by atoms with Crippen LogP contribution in [0.1, 0.15) is 23.5 Å². The van der Waals surface area contributed by atoms with Crippen LogP contribution < -0.4 is 20.7 Å². The van der Waals surface area contributed by atoms with E-state index in [4.69, 9.17) is 22.1 Å². The van der Waals surface area contributed by atoms with Gasteiger partial charge in [0.2, 0.25) is 17.7 Å². The van der Waals surface area contributed by atoms with E-state index in [1.54, 1.807) is 31.1 Å². The van der Waals surface area contributed by atoms with Crippen LogP contribution in [0.5, 0.6) is 5.75 Å². The van der Waals surface area contributed by atoms with E-state index in [0.29, 0.717) is 24.1 Å². The molecule has 1 amide bonds. The Hall–Kier alpha value is -2.61. The first kappa shape index (κ1) is 18.7. The van der Waals surface area contributed by atoms with E-state index in [1.807, 2.05) is 12.1 Å². The fourth-order valence-electron chi connectivity index (χ4n) is 1.91. The highest BCUT2D eigenvalue weighted by Crippen LogP contribution is 2.15. The normalized spacial score (nSPS) is 10.4. The minimum absolute atomic E-state index is 0.00798. The van der Waals surface area contributed by atoms with Gasteiger partial charge in [0.1, 0.15) is 5.75 Å². The number of ether oxygens (including phenoxy) is 1. The summed E-state index contributed by atoms with van der Waals surface area (Å²) in [7, 11) is 3.52. The summed E-state index contributed by atoms with van der Waals surface area (Å²) in [6.07, 6.45) is 1.56. The Morgan fingerprint density at radius 3 is 2.60 bits per heavy atom. The van der Waals surface area contributed by atoms with Gasteiger partial charge in [-0.25, -0.2) is 0 Å². The van der Waals surface area contributed by atoms with E-state index in [1.165, 1.54) is 0 Å². The lowest BCUT2D eigenvalue weighted by atomic mass is 10.3. The summed E-state index contributed by atoms with van der Waals surface area (Å²) in [5.41, 5.74) is 5.60. The highest BCUT2D eigenvalue weighted by atomic mass is 35.5. The molecule has 1 aromatic carbocycles. The third-order valence-corrected chi connectivity index (χ3v) is 3.44. The van der Waals surface area contributed by atoms with Crippen LogP contribution in [0.3, 0.4) is 0 Å². The van der Waals surface area contributed by atoms with Crippen LogP contribution in [0.15, 0.2) is 24.3 Å². The number of nitrogens with two attached hydrogens (primary N) is 1. The number of hydrogen-bond acceptors (Lipinski definition) is 7. The van der Waals surface area contributed by atoms with Crippen LogP contribution in [0.25, 0.3) is 0 Å². The molecule has 1 aromatic heterocycles. The first-order chi connectivity index (χ1) is 12.0. The largest absolute Gasteiger partial charge is 0.494 e. The molecule has 25 heavy (non-hydrogen) atoms. The Balaban J connectivity index is 1.71. The molecule has 3 N–H and O–H groups in total. The lowest BCUT2D eigenvalue weighted by Gasteiger charge is -2.11. The van der Waals surface area contributed by atoms with Crippen molar-refractivity contribution in [2.75, 3.05) is 37.9 Å². The zero-order valence-corrected chi connectivity index (χ0v) is 15.0. The van der Waals surface area contributed by atoms with Crippen molar-refractivity contribution in [3.8, 4) is 5.75 Å². The number of rotatable bonds is 8. The molecule has 0 bridgehead atoms. The molecule has 0 saturated heterocycles. The SMILES string of the molecule is CN(C)c1nc(N)nc(C(=O)NCCCCOc2ccc(Cl)cc2)n1. The van der Waals surface area contributed by atoms with Crippen molar-refractivity contribution in [2.45, 2.75) is 12.8 Å². The van der Waals surface area contributed by atoms with Gasteiger partial charge in [-0.15, -0.1) is 0 Å². The van der Waals surface area contributed by atoms with Gasteiger partial charge in [-0.3, -0.25) is 4.79 Å². The highest BCUT2D eigenvalue weighted by molar-refractivity contribution is 6.30. The number of nitrogens with one attached hydrogen (secondary N) is 1. The number of nitrogens with zero attached hydrogens (tertiary/aromatic N) is 4. The second-order valence-corrected chi connectivity index (χ2v) is 5.91. The van der Waals surface area contributed by atoms with Crippen molar-refractivity contribution in [1.29, 1.82) is 0 Å². The molecule has 0 unspecified atom stereocenters. The maximum absolute atomic E-state index is 12.1. The second-order valence-electron chi connectivity index (χ2n) is 5.48. The number of carbonyl (C=O) groups is 1.